The molecule has 6 rings (SSSR count). The molecule has 8 heteroatoms. The number of benzene rings is 2. The van der Waals surface area contributed by atoms with Gasteiger partial charge in [0, 0.05) is 36.7 Å². The molecule has 208 valence electrons. The lowest BCUT2D eigenvalue weighted by molar-refractivity contribution is 0.0649. The molecule has 0 unspecified atom stereocenters. The van der Waals surface area contributed by atoms with Crippen molar-refractivity contribution in [3.8, 4) is 22.6 Å². The first-order chi connectivity index (χ1) is 19.1. The molecular weight excluding hydrogens is 506 g/mol. The number of nitrogens with zero attached hydrogens (tertiary/aromatic N) is 3. The Hall–Kier alpha value is -4.07. The van der Waals surface area contributed by atoms with Crippen LogP contribution in [0.25, 0.3) is 22.0 Å². The number of aromatic nitrogens is 2. The number of pyridine rings is 1. The van der Waals surface area contributed by atoms with Crippen LogP contribution in [-0.2, 0) is 19.4 Å². The molecule has 1 saturated heterocycles. The minimum absolute atomic E-state index is 0.161. The van der Waals surface area contributed by atoms with E-state index in [4.69, 9.17) is 14.0 Å². The summed E-state index contributed by atoms with van der Waals surface area (Å²) < 4.78 is 19.1. The monoisotopic (exact) mass is 541 g/mol. The predicted molar refractivity (Wildman–Crippen MR) is 153 cm³/mol. The van der Waals surface area contributed by atoms with E-state index in [1.165, 1.54) is 5.56 Å². The van der Waals surface area contributed by atoms with Crippen molar-refractivity contribution in [2.75, 3.05) is 20.2 Å². The lowest BCUT2D eigenvalue weighted by Gasteiger charge is -2.32. The van der Waals surface area contributed by atoms with Gasteiger partial charge in [-0.2, -0.15) is 0 Å². The summed E-state index contributed by atoms with van der Waals surface area (Å²) in [6.07, 6.45) is 3.52. The number of methoxy groups -OCH3 is 1. The Balaban J connectivity index is 1.44. The van der Waals surface area contributed by atoms with Crippen LogP contribution in [0.3, 0.4) is 0 Å². The van der Waals surface area contributed by atoms with Gasteiger partial charge in [-0.15, -0.1) is 0 Å². The molecule has 4 heterocycles. The molecule has 2 aliphatic rings. The van der Waals surface area contributed by atoms with Crippen molar-refractivity contribution in [1.29, 1.82) is 0 Å². The van der Waals surface area contributed by atoms with Gasteiger partial charge in [-0.3, -0.25) is 9.59 Å². The van der Waals surface area contributed by atoms with Gasteiger partial charge in [-0.25, -0.2) is 0 Å². The molecule has 0 spiro atoms. The van der Waals surface area contributed by atoms with E-state index < -0.39 is 0 Å². The van der Waals surface area contributed by atoms with E-state index in [1.807, 2.05) is 32.0 Å². The number of likely N-dealkylation sites (tertiary alicyclic amines) is 1. The number of fused-ring (bicyclic) bond motifs is 2. The third-order valence-electron chi connectivity index (χ3n) is 8.22. The quantitative estimate of drug-likeness (QED) is 0.322. The van der Waals surface area contributed by atoms with Gasteiger partial charge in [0.2, 0.25) is 0 Å². The van der Waals surface area contributed by atoms with Crippen molar-refractivity contribution in [2.45, 2.75) is 65.5 Å². The fraction of sp³-hybridized carbons (Fsp3) is 0.406. The molecule has 40 heavy (non-hydrogen) atoms. The van der Waals surface area contributed by atoms with Crippen LogP contribution in [0.15, 0.2) is 45.7 Å². The van der Waals surface area contributed by atoms with Crippen LogP contribution in [0.2, 0.25) is 0 Å². The Morgan fingerprint density at radius 1 is 1.12 bits per heavy atom. The van der Waals surface area contributed by atoms with Crippen molar-refractivity contribution in [3.05, 3.63) is 74.9 Å². The summed E-state index contributed by atoms with van der Waals surface area (Å²) in [7, 11) is 1.61. The Labute approximate surface area is 233 Å². The zero-order valence-corrected chi connectivity index (χ0v) is 23.8. The topological polar surface area (TPSA) is 86.8 Å². The Morgan fingerprint density at radius 3 is 2.60 bits per heavy atom. The highest BCUT2D eigenvalue weighted by atomic mass is 16.5. The Kier molecular flexibility index (Phi) is 6.44. The second kappa shape index (κ2) is 9.84. The van der Waals surface area contributed by atoms with Gasteiger partial charge >= 0.3 is 0 Å². The molecule has 1 fully saturated rings. The van der Waals surface area contributed by atoms with Gasteiger partial charge in [0.05, 0.1) is 23.9 Å². The Bertz CT molecular complexity index is 1670. The maximum Gasteiger partial charge on any atom is 0.263 e. The van der Waals surface area contributed by atoms with Gasteiger partial charge in [0.15, 0.2) is 0 Å². The largest absolute Gasteiger partial charge is 0.496 e. The second-order valence-electron chi connectivity index (χ2n) is 11.5. The summed E-state index contributed by atoms with van der Waals surface area (Å²) in [6, 6.07) is 11.9. The van der Waals surface area contributed by atoms with Crippen LogP contribution in [0.4, 0.5) is 0 Å². The van der Waals surface area contributed by atoms with E-state index in [9.17, 15) is 9.59 Å². The van der Waals surface area contributed by atoms with Crippen LogP contribution in [0.1, 0.15) is 59.6 Å². The minimum atomic E-state index is -0.278. The summed E-state index contributed by atoms with van der Waals surface area (Å²) in [4.78, 5) is 28.9. The molecule has 0 radical (unpaired) electrons. The fourth-order valence-electron chi connectivity index (χ4n) is 5.81. The van der Waals surface area contributed by atoms with E-state index in [1.54, 1.807) is 22.6 Å². The highest BCUT2D eigenvalue weighted by Gasteiger charge is 2.28. The number of hydrogen-bond donors (Lipinski definition) is 0. The van der Waals surface area contributed by atoms with Gasteiger partial charge in [-0.05, 0) is 82.7 Å². The number of carbonyl (C=O) groups excluding carboxylic acids is 1. The average Bonchev–Trinajstić information content (AvgIpc) is 3.23. The van der Waals surface area contributed by atoms with Crippen LogP contribution in [0.5, 0.6) is 11.5 Å². The zero-order chi connectivity index (χ0) is 28.2. The maximum atomic E-state index is 13.8. The summed E-state index contributed by atoms with van der Waals surface area (Å²) in [5, 5.41) is 4.91. The number of rotatable bonds is 6. The highest BCUT2D eigenvalue weighted by molar-refractivity contribution is 5.99. The lowest BCUT2D eigenvalue weighted by atomic mass is 9.93. The predicted octanol–water partition coefficient (Wildman–Crippen LogP) is 5.47. The van der Waals surface area contributed by atoms with Crippen molar-refractivity contribution in [2.24, 2.45) is 0 Å². The average molecular weight is 542 g/mol. The van der Waals surface area contributed by atoms with E-state index in [-0.39, 0.29) is 22.6 Å². The van der Waals surface area contributed by atoms with E-state index in [0.29, 0.717) is 37.6 Å². The Morgan fingerprint density at radius 2 is 1.93 bits per heavy atom. The normalized spacial score (nSPS) is 15.9. The van der Waals surface area contributed by atoms with Crippen LogP contribution in [-0.4, -0.2) is 46.3 Å². The molecule has 0 bridgehead atoms. The first kappa shape index (κ1) is 26.2. The number of amides is 1. The van der Waals surface area contributed by atoms with Crippen molar-refractivity contribution < 1.29 is 18.8 Å². The lowest BCUT2D eigenvalue weighted by Crippen LogP contribution is -2.44. The van der Waals surface area contributed by atoms with E-state index in [2.05, 4.69) is 31.1 Å². The summed E-state index contributed by atoms with van der Waals surface area (Å²) in [5.74, 6) is 2.02. The second-order valence-corrected chi connectivity index (χ2v) is 11.5. The number of hydrogen-bond acceptors (Lipinski definition) is 6. The van der Waals surface area contributed by atoms with Crippen molar-refractivity contribution in [3.63, 3.8) is 0 Å². The van der Waals surface area contributed by atoms with E-state index in [0.717, 1.165) is 58.3 Å². The number of aryl methyl sites for hydroxylation is 5. The smallest absolute Gasteiger partial charge is 0.263 e. The minimum Gasteiger partial charge on any atom is -0.496 e. The van der Waals surface area contributed by atoms with Gasteiger partial charge in [0.1, 0.15) is 28.4 Å². The molecule has 8 nitrogen and oxygen atoms in total. The van der Waals surface area contributed by atoms with Gasteiger partial charge < -0.3 is 23.5 Å². The molecule has 0 N–H and O–H groups in total. The summed E-state index contributed by atoms with van der Waals surface area (Å²) in [6.45, 7) is 9.76. The highest BCUT2D eigenvalue weighted by Crippen LogP contribution is 2.38. The van der Waals surface area contributed by atoms with Crippen molar-refractivity contribution >= 4 is 16.8 Å². The van der Waals surface area contributed by atoms with E-state index >= 15 is 0 Å². The zero-order valence-electron chi connectivity index (χ0n) is 23.8. The van der Waals surface area contributed by atoms with Gasteiger partial charge in [-0.1, -0.05) is 17.3 Å². The number of carbonyl (C=O) groups is 1. The van der Waals surface area contributed by atoms with Crippen LogP contribution < -0.4 is 15.0 Å². The number of ether oxygens (including phenoxy) is 2. The molecule has 2 aromatic carbocycles. The molecule has 1 amide bonds. The summed E-state index contributed by atoms with van der Waals surface area (Å²) >= 11 is 0. The molecular formula is C32H35N3O5. The van der Waals surface area contributed by atoms with Gasteiger partial charge in [0.25, 0.3) is 11.5 Å². The standard InChI is InChI=1S/C32H35N3O5/c1-19-29(20(2)40-33-19)24-16-23-17-25(30(36)34-12-6-13-34)31(37)35(26(23)18-28(24)38-5)14-10-21-7-8-27-22(15-21)9-11-32(3,4)39-27/h7-8,15-18H,6,9-14H2,1-5H3. The SMILES string of the molecule is COc1cc2c(cc1-c1c(C)noc1C)cc(C(=O)N1CCC1)c(=O)n2CCc1ccc2c(c1)CCC(C)(C)O2. The molecule has 0 aliphatic carbocycles. The first-order valence-corrected chi connectivity index (χ1v) is 13.9. The third-order valence-corrected chi connectivity index (χ3v) is 8.22. The fourth-order valence-corrected chi connectivity index (χ4v) is 5.81. The van der Waals surface area contributed by atoms with Crippen LogP contribution >= 0.6 is 0 Å². The molecule has 2 aliphatic heterocycles. The third kappa shape index (κ3) is 4.55. The first-order valence-electron chi connectivity index (χ1n) is 13.9. The maximum absolute atomic E-state index is 13.8. The molecule has 0 atom stereocenters. The molecule has 0 saturated carbocycles. The molecule has 2 aromatic heterocycles. The molecule has 4 aromatic rings. The van der Waals surface area contributed by atoms with Crippen LogP contribution in [0, 0.1) is 13.8 Å². The summed E-state index contributed by atoms with van der Waals surface area (Å²) in [5.41, 5.74) is 5.22. The van der Waals surface area contributed by atoms with Crippen molar-refractivity contribution in [1.82, 2.24) is 14.6 Å².